The predicted molar refractivity (Wildman–Crippen MR) is 92.8 cm³/mol. The Morgan fingerprint density at radius 1 is 0.821 bits per heavy atom. The molecule has 3 unspecified atom stereocenters. The van der Waals surface area contributed by atoms with Crippen molar-refractivity contribution in [3.63, 3.8) is 0 Å². The Morgan fingerprint density at radius 3 is 1.82 bits per heavy atom. The fourth-order valence-corrected chi connectivity index (χ4v) is 2.32. The number of carbonyl (C=O) groups excluding carboxylic acids is 1. The summed E-state index contributed by atoms with van der Waals surface area (Å²) in [6, 6.07) is -3.77. The number of carboxylic acids is 4. The molecule has 0 aromatic rings. The molecule has 0 amide bonds. The smallest absolute Gasteiger partial charge is 0.323 e. The molecule has 28 heavy (non-hydrogen) atoms. The zero-order valence-corrected chi connectivity index (χ0v) is 15.4. The molecule has 0 saturated heterocycles. The summed E-state index contributed by atoms with van der Waals surface area (Å²) < 4.78 is 4.86. The van der Waals surface area contributed by atoms with Crippen LogP contribution in [0, 0.1) is 0 Å². The Kier molecular flexibility index (Phi) is 12.1. The quantitative estimate of drug-likeness (QED) is 0.137. The van der Waals surface area contributed by atoms with Crippen LogP contribution in [0.25, 0.3) is 0 Å². The first kappa shape index (κ1) is 25.3. The number of rotatable bonds is 16. The number of hydrogen-bond donors (Lipinski definition) is 6. The van der Waals surface area contributed by atoms with Crippen molar-refractivity contribution in [2.24, 2.45) is 0 Å². The SMILES string of the molecule is CCOC(=O)C(CCCCNC(CC(=O)O)C(=O)O)NC(CC(=O)O)C(=O)O. The summed E-state index contributed by atoms with van der Waals surface area (Å²) in [5, 5.41) is 40.5. The van der Waals surface area contributed by atoms with Gasteiger partial charge in [0.1, 0.15) is 18.1 Å². The first-order valence-corrected chi connectivity index (χ1v) is 8.63. The minimum absolute atomic E-state index is 0.0602. The molecule has 160 valence electrons. The van der Waals surface area contributed by atoms with Gasteiger partial charge >= 0.3 is 29.8 Å². The normalized spacial score (nSPS) is 13.9. The van der Waals surface area contributed by atoms with Crippen molar-refractivity contribution < 1.29 is 49.1 Å². The Labute approximate surface area is 160 Å². The molecule has 0 aliphatic carbocycles. The summed E-state index contributed by atoms with van der Waals surface area (Å²) in [5.41, 5.74) is 0. The molecule has 3 atom stereocenters. The van der Waals surface area contributed by atoms with Crippen LogP contribution in [0.4, 0.5) is 0 Å². The number of carboxylic acid groups (broad SMARTS) is 4. The number of ether oxygens (including phenoxy) is 1. The molecule has 0 aliphatic rings. The highest BCUT2D eigenvalue weighted by Gasteiger charge is 2.28. The molecular formula is C16H26N2O10. The van der Waals surface area contributed by atoms with E-state index < -0.39 is 60.8 Å². The van der Waals surface area contributed by atoms with Gasteiger partial charge in [0.25, 0.3) is 0 Å². The third kappa shape index (κ3) is 11.1. The van der Waals surface area contributed by atoms with E-state index in [1.54, 1.807) is 6.92 Å². The third-order valence-electron chi connectivity index (χ3n) is 3.64. The monoisotopic (exact) mass is 406 g/mol. The van der Waals surface area contributed by atoms with E-state index in [1.807, 2.05) is 0 Å². The molecule has 0 aliphatic heterocycles. The fraction of sp³-hybridized carbons (Fsp3) is 0.688. The molecule has 0 heterocycles. The van der Waals surface area contributed by atoms with Gasteiger partial charge in [-0.3, -0.25) is 29.3 Å². The molecule has 0 rings (SSSR count). The summed E-state index contributed by atoms with van der Waals surface area (Å²) in [5.74, 6) is -6.04. The van der Waals surface area contributed by atoms with E-state index in [2.05, 4.69) is 10.6 Å². The van der Waals surface area contributed by atoms with Crippen molar-refractivity contribution in [2.75, 3.05) is 13.2 Å². The van der Waals surface area contributed by atoms with Gasteiger partial charge in [-0.2, -0.15) is 0 Å². The van der Waals surface area contributed by atoms with Crippen molar-refractivity contribution in [2.45, 2.75) is 57.2 Å². The maximum absolute atomic E-state index is 12.0. The molecule has 0 fully saturated rings. The first-order valence-electron chi connectivity index (χ1n) is 8.63. The van der Waals surface area contributed by atoms with Gasteiger partial charge in [0.05, 0.1) is 19.4 Å². The van der Waals surface area contributed by atoms with Gasteiger partial charge in [0.2, 0.25) is 0 Å². The van der Waals surface area contributed by atoms with Crippen LogP contribution in [-0.4, -0.2) is 81.5 Å². The van der Waals surface area contributed by atoms with Crippen molar-refractivity contribution >= 4 is 29.8 Å². The molecule has 0 radical (unpaired) electrons. The summed E-state index contributed by atoms with van der Waals surface area (Å²) in [6.45, 7) is 1.79. The average Bonchev–Trinajstić information content (AvgIpc) is 2.57. The van der Waals surface area contributed by atoms with Gasteiger partial charge < -0.3 is 30.5 Å². The van der Waals surface area contributed by atoms with E-state index in [9.17, 15) is 24.0 Å². The summed E-state index contributed by atoms with van der Waals surface area (Å²) in [4.78, 5) is 55.5. The van der Waals surface area contributed by atoms with Crippen LogP contribution in [0.5, 0.6) is 0 Å². The van der Waals surface area contributed by atoms with E-state index >= 15 is 0 Å². The maximum atomic E-state index is 12.0. The van der Waals surface area contributed by atoms with Gasteiger partial charge in [-0.25, -0.2) is 0 Å². The molecule has 0 bridgehead atoms. The van der Waals surface area contributed by atoms with E-state index in [1.165, 1.54) is 0 Å². The van der Waals surface area contributed by atoms with Crippen LogP contribution >= 0.6 is 0 Å². The number of esters is 1. The zero-order chi connectivity index (χ0) is 21.7. The van der Waals surface area contributed by atoms with Crippen LogP contribution in [-0.2, 0) is 28.7 Å². The standard InChI is InChI=1S/C16H26N2O10/c1-2-28-16(27)9(18-11(15(25)26)8-13(21)22)5-3-4-6-17-10(14(23)24)7-12(19)20/h9-11,17-18H,2-8H2,1H3,(H,19,20)(H,21,22)(H,23,24)(H,25,26). The van der Waals surface area contributed by atoms with E-state index in [0.29, 0.717) is 12.8 Å². The molecular weight excluding hydrogens is 380 g/mol. The van der Waals surface area contributed by atoms with Crippen LogP contribution in [0.1, 0.15) is 39.0 Å². The lowest BCUT2D eigenvalue weighted by Gasteiger charge is -2.21. The second-order valence-electron chi connectivity index (χ2n) is 5.90. The van der Waals surface area contributed by atoms with Gasteiger partial charge in [0, 0.05) is 0 Å². The first-order chi connectivity index (χ1) is 13.1. The lowest BCUT2D eigenvalue weighted by Crippen LogP contribution is -2.48. The molecule has 0 aromatic carbocycles. The van der Waals surface area contributed by atoms with Gasteiger partial charge in [-0.15, -0.1) is 0 Å². The molecule has 12 nitrogen and oxygen atoms in total. The minimum atomic E-state index is -1.48. The van der Waals surface area contributed by atoms with E-state index in [-0.39, 0.29) is 19.6 Å². The summed E-state index contributed by atoms with van der Waals surface area (Å²) >= 11 is 0. The van der Waals surface area contributed by atoms with E-state index in [0.717, 1.165) is 0 Å². The zero-order valence-electron chi connectivity index (χ0n) is 15.4. The third-order valence-corrected chi connectivity index (χ3v) is 3.64. The Hall–Kier alpha value is -2.73. The molecule has 6 N–H and O–H groups in total. The second kappa shape index (κ2) is 13.4. The largest absolute Gasteiger partial charge is 0.481 e. The Balaban J connectivity index is 4.66. The van der Waals surface area contributed by atoms with Crippen LogP contribution in [0.3, 0.4) is 0 Å². The molecule has 0 spiro atoms. The maximum Gasteiger partial charge on any atom is 0.323 e. The number of carbonyl (C=O) groups is 5. The summed E-state index contributed by atoms with van der Waals surface area (Å²) in [7, 11) is 0. The molecule has 0 saturated carbocycles. The number of nitrogens with one attached hydrogen (secondary N) is 2. The van der Waals surface area contributed by atoms with Gasteiger partial charge in [-0.1, -0.05) is 6.42 Å². The fourth-order valence-electron chi connectivity index (χ4n) is 2.32. The highest BCUT2D eigenvalue weighted by Crippen LogP contribution is 2.07. The number of unbranched alkanes of at least 4 members (excludes halogenated alkanes) is 1. The number of hydrogen-bond acceptors (Lipinski definition) is 8. The van der Waals surface area contributed by atoms with Crippen molar-refractivity contribution in [3.8, 4) is 0 Å². The molecule has 12 heteroatoms. The van der Waals surface area contributed by atoms with E-state index in [4.69, 9.17) is 25.2 Å². The van der Waals surface area contributed by atoms with Crippen molar-refractivity contribution in [3.05, 3.63) is 0 Å². The molecule has 0 aromatic heterocycles. The minimum Gasteiger partial charge on any atom is -0.481 e. The Morgan fingerprint density at radius 2 is 1.36 bits per heavy atom. The van der Waals surface area contributed by atoms with Gasteiger partial charge in [0.15, 0.2) is 0 Å². The lowest BCUT2D eigenvalue weighted by molar-refractivity contribution is -0.150. The average molecular weight is 406 g/mol. The van der Waals surface area contributed by atoms with Crippen LogP contribution < -0.4 is 10.6 Å². The topological polar surface area (TPSA) is 200 Å². The Bertz CT molecular complexity index is 566. The van der Waals surface area contributed by atoms with Crippen LogP contribution in [0.2, 0.25) is 0 Å². The number of aliphatic carboxylic acids is 4. The van der Waals surface area contributed by atoms with Gasteiger partial charge in [-0.05, 0) is 26.3 Å². The highest BCUT2D eigenvalue weighted by molar-refractivity contribution is 5.82. The second-order valence-corrected chi connectivity index (χ2v) is 5.90. The highest BCUT2D eigenvalue weighted by atomic mass is 16.5. The lowest BCUT2D eigenvalue weighted by atomic mass is 10.1. The van der Waals surface area contributed by atoms with Crippen molar-refractivity contribution in [1.82, 2.24) is 10.6 Å². The van der Waals surface area contributed by atoms with Crippen molar-refractivity contribution in [1.29, 1.82) is 0 Å². The predicted octanol–water partition coefficient (Wildman–Crippen LogP) is -0.877. The summed E-state index contributed by atoms with van der Waals surface area (Å²) in [6.07, 6.45) is -0.458. The van der Waals surface area contributed by atoms with Crippen LogP contribution in [0.15, 0.2) is 0 Å².